The van der Waals surface area contributed by atoms with Gasteiger partial charge in [-0.25, -0.2) is 14.6 Å². The van der Waals surface area contributed by atoms with Crippen LogP contribution in [0.15, 0.2) is 30.5 Å². The summed E-state index contributed by atoms with van der Waals surface area (Å²) in [5.41, 5.74) is 1.66. The second kappa shape index (κ2) is 10.3. The van der Waals surface area contributed by atoms with Crippen molar-refractivity contribution in [3.05, 3.63) is 46.6 Å². The van der Waals surface area contributed by atoms with Gasteiger partial charge >= 0.3 is 12.1 Å². The van der Waals surface area contributed by atoms with Crippen LogP contribution in [0.3, 0.4) is 0 Å². The van der Waals surface area contributed by atoms with Crippen LogP contribution < -0.4 is 10.6 Å². The predicted molar refractivity (Wildman–Crippen MR) is 131 cm³/mol. The van der Waals surface area contributed by atoms with Crippen LogP contribution in [0.1, 0.15) is 48.6 Å². The molecular formula is C24H30N4O5S. The molecule has 0 fully saturated rings. The lowest BCUT2D eigenvalue weighted by molar-refractivity contribution is -0.118. The first-order valence-electron chi connectivity index (χ1n) is 11.0. The van der Waals surface area contributed by atoms with E-state index in [0.29, 0.717) is 10.6 Å². The molecule has 0 unspecified atom stereocenters. The Hall–Kier alpha value is -3.40. The maximum Gasteiger partial charge on any atom is 0.408 e. The number of nitrogens with one attached hydrogen (secondary N) is 2. The molecule has 0 saturated heterocycles. The molecule has 2 amide bonds. The van der Waals surface area contributed by atoms with Crippen LogP contribution in [0.4, 0.5) is 9.93 Å². The molecule has 3 aromatic rings. The topological polar surface area (TPSA) is 112 Å². The number of hydrogen-bond donors (Lipinski definition) is 2. The summed E-state index contributed by atoms with van der Waals surface area (Å²) in [5.74, 6) is -0.958. The zero-order chi connectivity index (χ0) is 25.0. The molecule has 9 nitrogen and oxygen atoms in total. The van der Waals surface area contributed by atoms with Crippen molar-refractivity contribution in [2.45, 2.75) is 52.7 Å². The first-order chi connectivity index (χ1) is 16.0. The molecule has 2 aromatic heterocycles. The van der Waals surface area contributed by atoms with Crippen molar-refractivity contribution < 1.29 is 23.9 Å². The van der Waals surface area contributed by atoms with Crippen molar-refractivity contribution in [1.29, 1.82) is 0 Å². The summed E-state index contributed by atoms with van der Waals surface area (Å²) in [6.45, 7) is 8.89. The van der Waals surface area contributed by atoms with Crippen LogP contribution in [-0.4, -0.2) is 45.8 Å². The maximum absolute atomic E-state index is 13.2. The Morgan fingerprint density at radius 2 is 1.91 bits per heavy atom. The molecule has 0 bridgehead atoms. The first kappa shape index (κ1) is 25.2. The number of carbonyl (C=O) groups excluding carboxylic acids is 3. The number of alkyl carbamates (subject to hydrolysis) is 1. The zero-order valence-electron chi connectivity index (χ0n) is 20.2. The summed E-state index contributed by atoms with van der Waals surface area (Å²) in [5, 5.41) is 6.65. The van der Waals surface area contributed by atoms with Crippen molar-refractivity contribution in [2.75, 3.05) is 11.9 Å². The number of rotatable bonds is 7. The lowest BCUT2D eigenvalue weighted by atomic mass is 10.0. The lowest BCUT2D eigenvalue weighted by Crippen LogP contribution is -2.47. The number of ether oxygens (including phenoxy) is 2. The zero-order valence-corrected chi connectivity index (χ0v) is 21.0. The summed E-state index contributed by atoms with van der Waals surface area (Å²) in [7, 11) is 1.93. The highest BCUT2D eigenvalue weighted by Gasteiger charge is 2.27. The van der Waals surface area contributed by atoms with Gasteiger partial charge in [0.05, 0.1) is 12.3 Å². The Morgan fingerprint density at radius 1 is 1.21 bits per heavy atom. The van der Waals surface area contributed by atoms with E-state index in [4.69, 9.17) is 9.47 Å². The molecule has 0 radical (unpaired) electrons. The van der Waals surface area contributed by atoms with Crippen LogP contribution in [0.5, 0.6) is 0 Å². The first-order valence-corrected chi connectivity index (χ1v) is 11.8. The van der Waals surface area contributed by atoms with E-state index in [2.05, 4.69) is 15.6 Å². The van der Waals surface area contributed by atoms with E-state index >= 15 is 0 Å². The largest absolute Gasteiger partial charge is 0.462 e. The maximum atomic E-state index is 13.2. The van der Waals surface area contributed by atoms with Gasteiger partial charge in [0.25, 0.3) is 0 Å². The number of carbonyl (C=O) groups is 3. The van der Waals surface area contributed by atoms with E-state index in [0.717, 1.165) is 27.8 Å². The van der Waals surface area contributed by atoms with E-state index < -0.39 is 29.6 Å². The summed E-state index contributed by atoms with van der Waals surface area (Å²) in [6, 6.07) is 6.90. The Kier molecular flexibility index (Phi) is 7.61. The SMILES string of the molecule is CCOC(=O)c1sc(NC(=O)[C@H](Cc2cn(C)c3ccccc23)NC(=O)OC(C)(C)C)nc1C. The number of esters is 1. The van der Waals surface area contributed by atoms with E-state index in [1.54, 1.807) is 34.6 Å². The fraction of sp³-hybridized carbons (Fsp3) is 0.417. The van der Waals surface area contributed by atoms with Gasteiger partial charge in [-0.3, -0.25) is 4.79 Å². The van der Waals surface area contributed by atoms with Crippen LogP contribution >= 0.6 is 11.3 Å². The monoisotopic (exact) mass is 486 g/mol. The third-order valence-electron chi connectivity index (χ3n) is 4.90. The van der Waals surface area contributed by atoms with Crippen LogP contribution in [0, 0.1) is 6.92 Å². The molecule has 0 aliphatic rings. The van der Waals surface area contributed by atoms with E-state index in [1.165, 1.54) is 0 Å². The second-order valence-electron chi connectivity index (χ2n) is 8.83. The number of anilines is 1. The smallest absolute Gasteiger partial charge is 0.408 e. The molecule has 0 aliphatic heterocycles. The number of aromatic nitrogens is 2. The number of thiazole rings is 1. The van der Waals surface area contributed by atoms with Gasteiger partial charge in [0.1, 0.15) is 16.5 Å². The molecule has 0 aliphatic carbocycles. The quantitative estimate of drug-likeness (QED) is 0.484. The minimum absolute atomic E-state index is 0.238. The van der Waals surface area contributed by atoms with E-state index in [-0.39, 0.29) is 18.2 Å². The third kappa shape index (κ3) is 6.13. The summed E-state index contributed by atoms with van der Waals surface area (Å²) < 4.78 is 12.4. The molecule has 3 rings (SSSR count). The number of nitrogens with zero attached hydrogens (tertiary/aromatic N) is 2. The number of para-hydroxylation sites is 1. The molecule has 2 heterocycles. The molecule has 0 spiro atoms. The molecule has 1 atom stereocenters. The Balaban J connectivity index is 1.85. The number of benzene rings is 1. The third-order valence-corrected chi connectivity index (χ3v) is 5.95. The van der Waals surface area contributed by atoms with Gasteiger partial charge in [0.2, 0.25) is 5.91 Å². The van der Waals surface area contributed by atoms with Gasteiger partial charge in [-0.05, 0) is 46.2 Å². The lowest BCUT2D eigenvalue weighted by Gasteiger charge is -2.23. The normalized spacial score (nSPS) is 12.3. The molecule has 2 N–H and O–H groups in total. The Morgan fingerprint density at radius 3 is 2.59 bits per heavy atom. The average Bonchev–Trinajstić information content (AvgIpc) is 3.26. The molecule has 34 heavy (non-hydrogen) atoms. The highest BCUT2D eigenvalue weighted by atomic mass is 32.1. The molecule has 1 aromatic carbocycles. The van der Waals surface area contributed by atoms with Gasteiger partial charge in [-0.1, -0.05) is 29.5 Å². The van der Waals surface area contributed by atoms with Crippen molar-refractivity contribution in [1.82, 2.24) is 14.9 Å². The summed E-state index contributed by atoms with van der Waals surface area (Å²) in [4.78, 5) is 42.5. The van der Waals surface area contributed by atoms with Crippen molar-refractivity contribution in [2.24, 2.45) is 7.05 Å². The van der Waals surface area contributed by atoms with Crippen LogP contribution in [0.25, 0.3) is 10.9 Å². The fourth-order valence-electron chi connectivity index (χ4n) is 3.50. The molecule has 182 valence electrons. The van der Waals surface area contributed by atoms with Gasteiger partial charge in [0, 0.05) is 30.6 Å². The fourth-order valence-corrected chi connectivity index (χ4v) is 4.36. The predicted octanol–water partition coefficient (Wildman–Crippen LogP) is 4.19. The second-order valence-corrected chi connectivity index (χ2v) is 9.83. The van der Waals surface area contributed by atoms with Crippen molar-refractivity contribution in [3.8, 4) is 0 Å². The highest BCUT2D eigenvalue weighted by Crippen LogP contribution is 2.25. The standard InChI is InChI=1S/C24H30N4O5S/c1-7-32-21(30)19-14(2)25-22(34-19)27-20(29)17(26-23(31)33-24(3,4)5)12-15-13-28(6)18-11-9-8-10-16(15)18/h8-11,13,17H,7,12H2,1-6H3,(H,26,31)(H,25,27,29)/t17-/m0/s1. The molecule has 0 saturated carbocycles. The number of fused-ring (bicyclic) bond motifs is 1. The summed E-state index contributed by atoms with van der Waals surface area (Å²) >= 11 is 1.03. The average molecular weight is 487 g/mol. The van der Waals surface area contributed by atoms with Gasteiger partial charge in [0.15, 0.2) is 5.13 Å². The number of hydrogen-bond acceptors (Lipinski definition) is 7. The Labute approximate surface area is 202 Å². The van der Waals surface area contributed by atoms with Gasteiger partial charge in [-0.15, -0.1) is 0 Å². The van der Waals surface area contributed by atoms with E-state index in [1.807, 2.05) is 42.1 Å². The van der Waals surface area contributed by atoms with Gasteiger partial charge in [-0.2, -0.15) is 0 Å². The summed E-state index contributed by atoms with van der Waals surface area (Å²) in [6.07, 6.45) is 1.48. The molecule has 10 heteroatoms. The highest BCUT2D eigenvalue weighted by molar-refractivity contribution is 7.17. The minimum Gasteiger partial charge on any atom is -0.462 e. The number of amides is 2. The van der Waals surface area contributed by atoms with E-state index in [9.17, 15) is 14.4 Å². The van der Waals surface area contributed by atoms with Crippen molar-refractivity contribution >= 4 is 45.3 Å². The van der Waals surface area contributed by atoms with Crippen LogP contribution in [0.2, 0.25) is 0 Å². The van der Waals surface area contributed by atoms with Crippen molar-refractivity contribution in [3.63, 3.8) is 0 Å². The van der Waals surface area contributed by atoms with Gasteiger partial charge < -0.3 is 24.7 Å². The molecular weight excluding hydrogens is 456 g/mol. The van der Waals surface area contributed by atoms with Crippen LogP contribution in [-0.2, 0) is 27.7 Å². The Bertz CT molecular complexity index is 1210. The number of aryl methyl sites for hydroxylation is 2. The minimum atomic E-state index is -0.934.